The van der Waals surface area contributed by atoms with Crippen molar-refractivity contribution in [3.63, 3.8) is 0 Å². The van der Waals surface area contributed by atoms with Gasteiger partial charge >= 0.3 is 0 Å². The second-order valence-electron chi connectivity index (χ2n) is 5.57. The number of likely N-dealkylation sites (tertiary alicyclic amines) is 1. The molecule has 110 valence electrons. The van der Waals surface area contributed by atoms with E-state index in [2.05, 4.69) is 17.4 Å². The van der Waals surface area contributed by atoms with Crippen molar-refractivity contribution in [1.29, 1.82) is 0 Å². The molecule has 5 heteroatoms. The Hall–Kier alpha value is -0.710. The van der Waals surface area contributed by atoms with Gasteiger partial charge in [0.25, 0.3) is 5.91 Å². The monoisotopic (exact) mass is 312 g/mol. The van der Waals surface area contributed by atoms with Gasteiger partial charge in [-0.25, -0.2) is 0 Å². The van der Waals surface area contributed by atoms with Crippen LogP contribution in [0.15, 0.2) is 23.1 Å². The third kappa shape index (κ3) is 2.83. The molecule has 1 aromatic carbocycles. The van der Waals surface area contributed by atoms with Gasteiger partial charge in [-0.3, -0.25) is 4.79 Å². The first-order valence-electron chi connectivity index (χ1n) is 6.83. The maximum Gasteiger partial charge on any atom is 0.254 e. The number of carbonyl (C=O) groups is 1. The van der Waals surface area contributed by atoms with Crippen LogP contribution >= 0.6 is 24.2 Å². The molecule has 0 unspecified atom stereocenters. The molecule has 0 spiro atoms. The van der Waals surface area contributed by atoms with Crippen LogP contribution in [0.3, 0.4) is 0 Å². The molecule has 2 atom stereocenters. The molecule has 0 saturated carbocycles. The van der Waals surface area contributed by atoms with Crippen LogP contribution in [0.2, 0.25) is 0 Å². The highest BCUT2D eigenvalue weighted by Crippen LogP contribution is 2.28. The maximum absolute atomic E-state index is 12.7. The molecule has 0 radical (unpaired) electrons. The molecule has 2 aliphatic rings. The lowest BCUT2D eigenvalue weighted by Crippen LogP contribution is -2.32. The zero-order valence-corrected chi connectivity index (χ0v) is 13.5. The van der Waals surface area contributed by atoms with Crippen molar-refractivity contribution in [2.45, 2.75) is 11.8 Å². The lowest BCUT2D eigenvalue weighted by molar-refractivity contribution is 0.0780. The quantitative estimate of drug-likeness (QED) is 0.851. The second kappa shape index (κ2) is 6.37. The van der Waals surface area contributed by atoms with Gasteiger partial charge in [0, 0.05) is 36.6 Å². The number of thioether (sulfide) groups is 1. The van der Waals surface area contributed by atoms with Crippen LogP contribution in [0.1, 0.15) is 15.9 Å². The number of halogens is 1. The summed E-state index contributed by atoms with van der Waals surface area (Å²) in [5.74, 6) is 1.53. The standard InChI is InChI=1S/C15H20N2OS.ClH/c1-10-3-4-13(19-2)5-14(10)15(18)17-8-11-6-16-7-12(11)9-17;/h3-5,11-12,16H,6-9H2,1-2H3;1H/t11-,12+;. The van der Waals surface area contributed by atoms with Gasteiger partial charge in [0.05, 0.1) is 0 Å². The number of rotatable bonds is 2. The molecule has 3 nitrogen and oxygen atoms in total. The van der Waals surface area contributed by atoms with Crippen LogP contribution in [-0.2, 0) is 0 Å². The van der Waals surface area contributed by atoms with Gasteiger partial charge in [-0.1, -0.05) is 6.07 Å². The van der Waals surface area contributed by atoms with E-state index < -0.39 is 0 Å². The Morgan fingerprint density at radius 1 is 1.30 bits per heavy atom. The Labute approximate surface area is 130 Å². The Morgan fingerprint density at radius 2 is 1.95 bits per heavy atom. The molecule has 3 rings (SSSR count). The summed E-state index contributed by atoms with van der Waals surface area (Å²) in [6, 6.07) is 6.17. The van der Waals surface area contributed by atoms with E-state index in [1.54, 1.807) is 11.8 Å². The summed E-state index contributed by atoms with van der Waals surface area (Å²) in [6.07, 6.45) is 2.05. The third-order valence-electron chi connectivity index (χ3n) is 4.35. The van der Waals surface area contributed by atoms with E-state index >= 15 is 0 Å². The van der Waals surface area contributed by atoms with E-state index in [1.807, 2.05) is 24.1 Å². The van der Waals surface area contributed by atoms with Gasteiger partial charge in [-0.05, 0) is 42.7 Å². The Bertz CT molecular complexity index is 497. The minimum absolute atomic E-state index is 0. The fraction of sp³-hybridized carbons (Fsp3) is 0.533. The summed E-state index contributed by atoms with van der Waals surface area (Å²) in [5, 5.41) is 3.41. The van der Waals surface area contributed by atoms with Crippen LogP contribution < -0.4 is 5.32 Å². The number of hydrogen-bond donors (Lipinski definition) is 1. The summed E-state index contributed by atoms with van der Waals surface area (Å²) in [4.78, 5) is 15.9. The van der Waals surface area contributed by atoms with Crippen LogP contribution in [0.4, 0.5) is 0 Å². The highest BCUT2D eigenvalue weighted by Gasteiger charge is 2.38. The number of carbonyl (C=O) groups excluding carboxylic acids is 1. The summed E-state index contributed by atoms with van der Waals surface area (Å²) in [7, 11) is 0. The smallest absolute Gasteiger partial charge is 0.254 e. The first kappa shape index (κ1) is 15.7. The van der Waals surface area contributed by atoms with Crippen molar-refractivity contribution < 1.29 is 4.79 Å². The predicted octanol–water partition coefficient (Wildman–Crippen LogP) is 2.43. The van der Waals surface area contributed by atoms with E-state index in [4.69, 9.17) is 0 Å². The molecular formula is C15H21ClN2OS. The summed E-state index contributed by atoms with van der Waals surface area (Å²) >= 11 is 1.69. The van der Waals surface area contributed by atoms with E-state index in [0.29, 0.717) is 11.8 Å². The van der Waals surface area contributed by atoms with Gasteiger partial charge in [0.1, 0.15) is 0 Å². The van der Waals surface area contributed by atoms with Crippen molar-refractivity contribution >= 4 is 30.1 Å². The minimum Gasteiger partial charge on any atom is -0.338 e. The predicted molar refractivity (Wildman–Crippen MR) is 86.0 cm³/mol. The number of hydrogen-bond acceptors (Lipinski definition) is 3. The molecule has 1 amide bonds. The van der Waals surface area contributed by atoms with E-state index in [1.165, 1.54) is 0 Å². The molecule has 0 bridgehead atoms. The summed E-state index contributed by atoms with van der Waals surface area (Å²) < 4.78 is 0. The Balaban J connectivity index is 0.00000147. The Kier molecular flexibility index (Phi) is 4.99. The molecule has 1 aromatic rings. The van der Waals surface area contributed by atoms with Gasteiger partial charge in [-0.2, -0.15) is 0 Å². The summed E-state index contributed by atoms with van der Waals surface area (Å²) in [6.45, 7) is 5.99. The average Bonchev–Trinajstić information content (AvgIpc) is 2.99. The topological polar surface area (TPSA) is 32.3 Å². The second-order valence-corrected chi connectivity index (χ2v) is 6.45. The number of aryl methyl sites for hydroxylation is 1. The van der Waals surface area contributed by atoms with Gasteiger partial charge in [-0.15, -0.1) is 24.2 Å². The van der Waals surface area contributed by atoms with Crippen LogP contribution in [0.5, 0.6) is 0 Å². The number of benzene rings is 1. The zero-order valence-electron chi connectivity index (χ0n) is 11.9. The minimum atomic E-state index is 0. The van der Waals surface area contributed by atoms with Crippen LogP contribution in [0.25, 0.3) is 0 Å². The Morgan fingerprint density at radius 3 is 2.55 bits per heavy atom. The molecule has 2 heterocycles. The first-order valence-corrected chi connectivity index (χ1v) is 8.06. The molecule has 2 fully saturated rings. The fourth-order valence-electron chi connectivity index (χ4n) is 3.15. The SMILES string of the molecule is CSc1ccc(C)c(C(=O)N2C[C@H]3CNC[C@H]3C2)c1.Cl. The zero-order chi connectivity index (χ0) is 13.4. The van der Waals surface area contributed by atoms with Gasteiger partial charge in [0.15, 0.2) is 0 Å². The molecule has 0 aromatic heterocycles. The molecule has 0 aliphatic carbocycles. The van der Waals surface area contributed by atoms with Gasteiger partial charge < -0.3 is 10.2 Å². The van der Waals surface area contributed by atoms with Gasteiger partial charge in [0.2, 0.25) is 0 Å². The van der Waals surface area contributed by atoms with Crippen LogP contribution in [0, 0.1) is 18.8 Å². The van der Waals surface area contributed by atoms with E-state index in [-0.39, 0.29) is 18.3 Å². The largest absolute Gasteiger partial charge is 0.338 e. The first-order chi connectivity index (χ1) is 9.19. The van der Waals surface area contributed by atoms with Crippen LogP contribution in [-0.4, -0.2) is 43.2 Å². The third-order valence-corrected chi connectivity index (χ3v) is 5.08. The fourth-order valence-corrected chi connectivity index (χ4v) is 3.59. The number of nitrogens with zero attached hydrogens (tertiary/aromatic N) is 1. The van der Waals surface area contributed by atoms with Crippen molar-refractivity contribution in [2.75, 3.05) is 32.4 Å². The number of fused-ring (bicyclic) bond motifs is 1. The van der Waals surface area contributed by atoms with E-state index in [9.17, 15) is 4.79 Å². The maximum atomic E-state index is 12.7. The highest BCUT2D eigenvalue weighted by molar-refractivity contribution is 7.98. The average molecular weight is 313 g/mol. The van der Waals surface area contributed by atoms with Crippen molar-refractivity contribution in [3.8, 4) is 0 Å². The van der Waals surface area contributed by atoms with Crippen molar-refractivity contribution in [1.82, 2.24) is 10.2 Å². The normalized spacial score (nSPS) is 24.4. The summed E-state index contributed by atoms with van der Waals surface area (Å²) in [5.41, 5.74) is 1.96. The van der Waals surface area contributed by atoms with Crippen molar-refractivity contribution in [3.05, 3.63) is 29.3 Å². The molecule has 2 aliphatic heterocycles. The lowest BCUT2D eigenvalue weighted by atomic mass is 10.0. The number of amides is 1. The van der Waals surface area contributed by atoms with Crippen molar-refractivity contribution in [2.24, 2.45) is 11.8 Å². The van der Waals surface area contributed by atoms with E-state index in [0.717, 1.165) is 42.2 Å². The lowest BCUT2D eigenvalue weighted by Gasteiger charge is -2.19. The molecule has 20 heavy (non-hydrogen) atoms. The highest BCUT2D eigenvalue weighted by atomic mass is 35.5. The molecule has 1 N–H and O–H groups in total. The molecular weight excluding hydrogens is 292 g/mol. The molecule has 2 saturated heterocycles. The number of nitrogens with one attached hydrogen (secondary N) is 1.